The molecule has 0 spiro atoms. The third-order valence-corrected chi connectivity index (χ3v) is 6.75. The Morgan fingerprint density at radius 1 is 1.16 bits per heavy atom. The zero-order valence-electron chi connectivity index (χ0n) is 17.8. The maximum atomic E-state index is 12.9. The number of nitrogens with one attached hydrogen (secondary N) is 1. The highest BCUT2D eigenvalue weighted by Gasteiger charge is 2.27. The van der Waals surface area contributed by atoms with Crippen LogP contribution in [0.5, 0.6) is 11.5 Å². The van der Waals surface area contributed by atoms with E-state index in [9.17, 15) is 13.2 Å². The first kappa shape index (κ1) is 23.1. The van der Waals surface area contributed by atoms with Crippen molar-refractivity contribution in [2.45, 2.75) is 24.7 Å². The quantitative estimate of drug-likeness (QED) is 0.593. The maximum absolute atomic E-state index is 12.9. The van der Waals surface area contributed by atoms with Crippen LogP contribution in [0, 0.1) is 6.92 Å². The molecule has 0 bridgehead atoms. The molecule has 1 amide bonds. The highest BCUT2D eigenvalue weighted by molar-refractivity contribution is 7.89. The summed E-state index contributed by atoms with van der Waals surface area (Å²) in [7, 11) is -2.20. The summed E-state index contributed by atoms with van der Waals surface area (Å²) in [6.07, 6.45) is 0.753. The standard InChI is InChI=1S/C22H28N2O6S/c1-17-5-3-6-18(15-17)30-12-4-7-22(25)23-20-16-19(8-9-21(20)28-2)31(26,27)24-10-13-29-14-11-24/h3,5-6,8-9,15-16H,4,7,10-14H2,1-2H3,(H,23,25). The molecule has 1 N–H and O–H groups in total. The highest BCUT2D eigenvalue weighted by atomic mass is 32.2. The van der Waals surface area contributed by atoms with E-state index in [4.69, 9.17) is 14.2 Å². The van der Waals surface area contributed by atoms with E-state index in [0.29, 0.717) is 50.8 Å². The molecule has 0 atom stereocenters. The Kier molecular flexibility index (Phi) is 7.89. The largest absolute Gasteiger partial charge is 0.495 e. The molecule has 8 nitrogen and oxygen atoms in total. The molecule has 1 aliphatic rings. The summed E-state index contributed by atoms with van der Waals surface area (Å²) >= 11 is 0. The van der Waals surface area contributed by atoms with Crippen molar-refractivity contribution in [1.29, 1.82) is 0 Å². The van der Waals surface area contributed by atoms with Crippen molar-refractivity contribution < 1.29 is 27.4 Å². The van der Waals surface area contributed by atoms with Gasteiger partial charge in [0, 0.05) is 19.5 Å². The summed E-state index contributed by atoms with van der Waals surface area (Å²) in [5.41, 5.74) is 1.43. The van der Waals surface area contributed by atoms with Crippen LogP contribution >= 0.6 is 0 Å². The second-order valence-electron chi connectivity index (χ2n) is 7.20. The normalized spacial score (nSPS) is 14.8. The Hall–Kier alpha value is -2.62. The number of sulfonamides is 1. The predicted molar refractivity (Wildman–Crippen MR) is 117 cm³/mol. The van der Waals surface area contributed by atoms with Gasteiger partial charge in [-0.1, -0.05) is 12.1 Å². The molecule has 1 saturated heterocycles. The molecule has 0 aromatic heterocycles. The first-order valence-electron chi connectivity index (χ1n) is 10.2. The summed E-state index contributed by atoms with van der Waals surface area (Å²) < 4.78 is 43.4. The molecule has 2 aromatic carbocycles. The Balaban J connectivity index is 1.60. The Morgan fingerprint density at radius 2 is 1.94 bits per heavy atom. The number of carbonyl (C=O) groups excluding carboxylic acids is 1. The molecule has 1 heterocycles. The number of methoxy groups -OCH3 is 1. The molecule has 1 aliphatic heterocycles. The fourth-order valence-corrected chi connectivity index (χ4v) is 4.66. The lowest BCUT2D eigenvalue weighted by molar-refractivity contribution is -0.116. The van der Waals surface area contributed by atoms with Crippen LogP contribution in [-0.2, 0) is 19.6 Å². The molecule has 2 aromatic rings. The van der Waals surface area contributed by atoms with Gasteiger partial charge >= 0.3 is 0 Å². The van der Waals surface area contributed by atoms with Crippen molar-refractivity contribution >= 4 is 21.6 Å². The van der Waals surface area contributed by atoms with Crippen LogP contribution < -0.4 is 14.8 Å². The molecule has 0 saturated carbocycles. The zero-order chi connectivity index (χ0) is 22.3. The van der Waals surface area contributed by atoms with Crippen molar-refractivity contribution in [3.05, 3.63) is 48.0 Å². The van der Waals surface area contributed by atoms with Crippen molar-refractivity contribution in [3.8, 4) is 11.5 Å². The summed E-state index contributed by atoms with van der Waals surface area (Å²) in [5.74, 6) is 0.917. The Morgan fingerprint density at radius 3 is 2.65 bits per heavy atom. The lowest BCUT2D eigenvalue weighted by atomic mass is 10.2. The molecule has 9 heteroatoms. The third-order valence-electron chi connectivity index (χ3n) is 4.86. The molecular weight excluding hydrogens is 420 g/mol. The zero-order valence-corrected chi connectivity index (χ0v) is 18.6. The van der Waals surface area contributed by atoms with E-state index in [0.717, 1.165) is 11.3 Å². The van der Waals surface area contributed by atoms with E-state index in [2.05, 4.69) is 5.32 Å². The molecule has 168 valence electrons. The first-order chi connectivity index (χ1) is 14.9. The number of ether oxygens (including phenoxy) is 3. The molecule has 0 aliphatic carbocycles. The van der Waals surface area contributed by atoms with Gasteiger partial charge in [0.25, 0.3) is 0 Å². The number of carbonyl (C=O) groups is 1. The van der Waals surface area contributed by atoms with E-state index >= 15 is 0 Å². The fraction of sp³-hybridized carbons (Fsp3) is 0.409. The molecule has 0 unspecified atom stereocenters. The number of rotatable bonds is 9. The minimum absolute atomic E-state index is 0.105. The number of aryl methyl sites for hydroxylation is 1. The van der Waals surface area contributed by atoms with Gasteiger partial charge in [-0.25, -0.2) is 8.42 Å². The number of amides is 1. The Bertz CT molecular complexity index is 1000. The van der Waals surface area contributed by atoms with Gasteiger partial charge < -0.3 is 19.5 Å². The van der Waals surface area contributed by atoms with Crippen molar-refractivity contribution in [2.75, 3.05) is 45.3 Å². The van der Waals surface area contributed by atoms with Gasteiger partial charge in [0.15, 0.2) is 0 Å². The molecule has 1 fully saturated rings. The van der Waals surface area contributed by atoms with Crippen molar-refractivity contribution in [2.24, 2.45) is 0 Å². The number of morpholine rings is 1. The SMILES string of the molecule is COc1ccc(S(=O)(=O)N2CCOCC2)cc1NC(=O)CCCOc1cccc(C)c1. The Labute approximate surface area is 183 Å². The van der Waals surface area contributed by atoms with Gasteiger partial charge in [-0.3, -0.25) is 4.79 Å². The lowest BCUT2D eigenvalue weighted by Gasteiger charge is -2.26. The van der Waals surface area contributed by atoms with Gasteiger partial charge in [-0.15, -0.1) is 0 Å². The van der Waals surface area contributed by atoms with Crippen LogP contribution in [0.1, 0.15) is 18.4 Å². The van der Waals surface area contributed by atoms with E-state index in [-0.39, 0.29) is 17.2 Å². The van der Waals surface area contributed by atoms with E-state index in [1.807, 2.05) is 31.2 Å². The first-order valence-corrected chi connectivity index (χ1v) is 11.6. The van der Waals surface area contributed by atoms with Crippen LogP contribution in [0.4, 0.5) is 5.69 Å². The van der Waals surface area contributed by atoms with E-state index in [1.165, 1.54) is 23.5 Å². The lowest BCUT2D eigenvalue weighted by Crippen LogP contribution is -2.40. The van der Waals surface area contributed by atoms with Gasteiger partial charge in [-0.05, 0) is 49.2 Å². The summed E-state index contributed by atoms with van der Waals surface area (Å²) in [5, 5.41) is 2.76. The van der Waals surface area contributed by atoms with Crippen LogP contribution in [-0.4, -0.2) is 58.7 Å². The molecule has 3 rings (SSSR count). The summed E-state index contributed by atoms with van der Waals surface area (Å²) in [6.45, 7) is 3.72. The number of benzene rings is 2. The molecular formula is C22H28N2O6S. The predicted octanol–water partition coefficient (Wildman–Crippen LogP) is 2.82. The number of hydrogen-bond donors (Lipinski definition) is 1. The smallest absolute Gasteiger partial charge is 0.243 e. The second-order valence-corrected chi connectivity index (χ2v) is 9.13. The third kappa shape index (κ3) is 6.19. The molecule has 31 heavy (non-hydrogen) atoms. The summed E-state index contributed by atoms with van der Waals surface area (Å²) in [6, 6.07) is 12.2. The van der Waals surface area contributed by atoms with Crippen LogP contribution in [0.2, 0.25) is 0 Å². The number of anilines is 1. The topological polar surface area (TPSA) is 94.2 Å². The summed E-state index contributed by atoms with van der Waals surface area (Å²) in [4.78, 5) is 12.5. The van der Waals surface area contributed by atoms with Crippen LogP contribution in [0.3, 0.4) is 0 Å². The average Bonchev–Trinajstić information content (AvgIpc) is 2.77. The van der Waals surface area contributed by atoms with Crippen LogP contribution in [0.15, 0.2) is 47.4 Å². The van der Waals surface area contributed by atoms with Crippen molar-refractivity contribution in [1.82, 2.24) is 4.31 Å². The highest BCUT2D eigenvalue weighted by Crippen LogP contribution is 2.29. The molecule has 0 radical (unpaired) electrons. The van der Waals surface area contributed by atoms with Gasteiger partial charge in [-0.2, -0.15) is 4.31 Å². The number of nitrogens with zero attached hydrogens (tertiary/aromatic N) is 1. The number of hydrogen-bond acceptors (Lipinski definition) is 6. The monoisotopic (exact) mass is 448 g/mol. The fourth-order valence-electron chi connectivity index (χ4n) is 3.22. The minimum Gasteiger partial charge on any atom is -0.495 e. The maximum Gasteiger partial charge on any atom is 0.243 e. The second kappa shape index (κ2) is 10.6. The van der Waals surface area contributed by atoms with Gasteiger partial charge in [0.1, 0.15) is 11.5 Å². The minimum atomic E-state index is -3.67. The average molecular weight is 449 g/mol. The van der Waals surface area contributed by atoms with E-state index in [1.54, 1.807) is 6.07 Å². The van der Waals surface area contributed by atoms with Gasteiger partial charge in [0.2, 0.25) is 15.9 Å². The van der Waals surface area contributed by atoms with E-state index < -0.39 is 10.0 Å². The van der Waals surface area contributed by atoms with Crippen molar-refractivity contribution in [3.63, 3.8) is 0 Å². The van der Waals surface area contributed by atoms with Gasteiger partial charge in [0.05, 0.1) is 37.5 Å². The van der Waals surface area contributed by atoms with Crippen LogP contribution in [0.25, 0.3) is 0 Å².